The zero-order valence-corrected chi connectivity index (χ0v) is 11.4. The van der Waals surface area contributed by atoms with E-state index < -0.39 is 11.6 Å². The van der Waals surface area contributed by atoms with Gasteiger partial charge in [0.05, 0.1) is 6.10 Å². The Labute approximate surface area is 112 Å². The maximum atomic E-state index is 14.1. The third kappa shape index (κ3) is 3.22. The lowest BCUT2D eigenvalue weighted by Crippen LogP contribution is -2.40. The molecule has 1 saturated heterocycles. The third-order valence-corrected chi connectivity index (χ3v) is 3.49. The van der Waals surface area contributed by atoms with Crippen molar-refractivity contribution >= 4 is 5.69 Å². The first-order valence-corrected chi connectivity index (χ1v) is 6.56. The number of benzene rings is 1. The van der Waals surface area contributed by atoms with Crippen LogP contribution in [0.15, 0.2) is 12.1 Å². The average molecular weight is 270 g/mol. The lowest BCUT2D eigenvalue weighted by molar-refractivity contribution is 0.0890. The highest BCUT2D eigenvalue weighted by Gasteiger charge is 2.24. The van der Waals surface area contributed by atoms with Crippen molar-refractivity contribution in [1.29, 1.82) is 0 Å². The first-order valence-electron chi connectivity index (χ1n) is 6.56. The van der Waals surface area contributed by atoms with E-state index in [0.29, 0.717) is 25.2 Å². The maximum absolute atomic E-state index is 14.1. The van der Waals surface area contributed by atoms with Gasteiger partial charge in [0.15, 0.2) is 0 Å². The molecule has 0 bridgehead atoms. The minimum Gasteiger partial charge on any atom is -0.380 e. The summed E-state index contributed by atoms with van der Waals surface area (Å²) < 4.78 is 33.5. The van der Waals surface area contributed by atoms with Gasteiger partial charge >= 0.3 is 0 Å². The average Bonchev–Trinajstić information content (AvgIpc) is 2.38. The Bertz CT molecular complexity index is 416. The maximum Gasteiger partial charge on any atom is 0.149 e. The number of nitrogens with one attached hydrogen (secondary N) is 1. The molecule has 0 saturated carbocycles. The molecular formula is C14H20F2N2O. The summed E-state index contributed by atoms with van der Waals surface area (Å²) in [5.41, 5.74) is 0.683. The van der Waals surface area contributed by atoms with Gasteiger partial charge < -0.3 is 15.0 Å². The lowest BCUT2D eigenvalue weighted by atomic mass is 10.1. The van der Waals surface area contributed by atoms with Crippen molar-refractivity contribution in [3.63, 3.8) is 0 Å². The van der Waals surface area contributed by atoms with Crippen LogP contribution < -0.4 is 10.2 Å². The number of ether oxygens (including phenoxy) is 1. The van der Waals surface area contributed by atoms with E-state index in [0.717, 1.165) is 12.8 Å². The van der Waals surface area contributed by atoms with Gasteiger partial charge in [-0.2, -0.15) is 0 Å². The van der Waals surface area contributed by atoms with Gasteiger partial charge in [0.2, 0.25) is 0 Å². The van der Waals surface area contributed by atoms with Gasteiger partial charge in [-0.15, -0.1) is 0 Å². The van der Waals surface area contributed by atoms with Crippen molar-refractivity contribution < 1.29 is 13.5 Å². The summed E-state index contributed by atoms with van der Waals surface area (Å²) in [6.07, 6.45) is 1.87. The Hall–Kier alpha value is -1.20. The number of methoxy groups -OCH3 is 1. The summed E-state index contributed by atoms with van der Waals surface area (Å²) in [6.45, 7) is 1.66. The Morgan fingerprint density at radius 3 is 2.63 bits per heavy atom. The molecule has 1 aromatic rings. The van der Waals surface area contributed by atoms with Gasteiger partial charge in [0.25, 0.3) is 0 Å². The van der Waals surface area contributed by atoms with Crippen molar-refractivity contribution in [3.05, 3.63) is 29.3 Å². The van der Waals surface area contributed by atoms with Gasteiger partial charge in [0.1, 0.15) is 17.3 Å². The SMILES string of the molecule is CNCc1cc(F)c(N2CCCC(OC)C2)c(F)c1. The number of hydrogen-bond acceptors (Lipinski definition) is 3. The van der Waals surface area contributed by atoms with Crippen molar-refractivity contribution in [2.75, 3.05) is 32.1 Å². The van der Waals surface area contributed by atoms with Gasteiger partial charge in [0, 0.05) is 26.7 Å². The molecule has 19 heavy (non-hydrogen) atoms. The zero-order chi connectivity index (χ0) is 13.8. The van der Waals surface area contributed by atoms with Crippen molar-refractivity contribution in [2.45, 2.75) is 25.5 Å². The summed E-state index contributed by atoms with van der Waals surface area (Å²) in [5.74, 6) is -0.996. The lowest BCUT2D eigenvalue weighted by Gasteiger charge is -2.34. The van der Waals surface area contributed by atoms with Crippen LogP contribution in [0.4, 0.5) is 14.5 Å². The van der Waals surface area contributed by atoms with E-state index >= 15 is 0 Å². The number of hydrogen-bond donors (Lipinski definition) is 1. The molecule has 1 aliphatic heterocycles. The molecule has 2 rings (SSSR count). The highest BCUT2D eigenvalue weighted by Crippen LogP contribution is 2.28. The monoisotopic (exact) mass is 270 g/mol. The van der Waals surface area contributed by atoms with Crippen LogP contribution in [0.2, 0.25) is 0 Å². The highest BCUT2D eigenvalue weighted by atomic mass is 19.1. The molecule has 1 heterocycles. The van der Waals surface area contributed by atoms with E-state index in [1.54, 1.807) is 19.1 Å². The second kappa shape index (κ2) is 6.30. The number of nitrogens with zero attached hydrogens (tertiary/aromatic N) is 1. The Kier molecular flexibility index (Phi) is 4.71. The zero-order valence-electron chi connectivity index (χ0n) is 11.4. The number of anilines is 1. The first-order chi connectivity index (χ1) is 9.15. The Balaban J connectivity index is 2.24. The van der Waals surface area contributed by atoms with E-state index in [9.17, 15) is 8.78 Å². The van der Waals surface area contributed by atoms with Crippen LogP contribution in [0.1, 0.15) is 18.4 Å². The summed E-state index contributed by atoms with van der Waals surface area (Å²) in [5, 5.41) is 2.89. The highest BCUT2D eigenvalue weighted by molar-refractivity contribution is 5.51. The van der Waals surface area contributed by atoms with Gasteiger partial charge in [-0.05, 0) is 37.6 Å². The van der Waals surface area contributed by atoms with Crippen LogP contribution in [-0.4, -0.2) is 33.4 Å². The Morgan fingerprint density at radius 2 is 2.05 bits per heavy atom. The smallest absolute Gasteiger partial charge is 0.149 e. The summed E-state index contributed by atoms with van der Waals surface area (Å²) in [4.78, 5) is 1.74. The van der Waals surface area contributed by atoms with E-state index in [4.69, 9.17) is 4.74 Å². The predicted octanol–water partition coefficient (Wildman–Crippen LogP) is 2.30. The molecule has 1 aliphatic rings. The van der Waals surface area contributed by atoms with Crippen LogP contribution in [0, 0.1) is 11.6 Å². The molecule has 3 nitrogen and oxygen atoms in total. The topological polar surface area (TPSA) is 24.5 Å². The van der Waals surface area contributed by atoms with Crippen LogP contribution in [-0.2, 0) is 11.3 Å². The predicted molar refractivity (Wildman–Crippen MR) is 71.4 cm³/mol. The molecule has 0 spiro atoms. The molecule has 1 aromatic carbocycles. The summed E-state index contributed by atoms with van der Waals surface area (Å²) >= 11 is 0. The minimum absolute atomic E-state index is 0.0459. The van der Waals surface area contributed by atoms with Gasteiger partial charge in [-0.3, -0.25) is 0 Å². The molecule has 0 aromatic heterocycles. The fourth-order valence-corrected chi connectivity index (χ4v) is 2.56. The number of piperidine rings is 1. The standard InChI is InChI=1S/C14H20F2N2O/c1-17-8-10-6-12(15)14(13(16)7-10)18-5-3-4-11(9-18)19-2/h6-7,11,17H,3-5,8-9H2,1-2H3. The van der Waals surface area contributed by atoms with E-state index in [1.165, 1.54) is 12.1 Å². The molecule has 1 fully saturated rings. The molecule has 1 N–H and O–H groups in total. The fraction of sp³-hybridized carbons (Fsp3) is 0.571. The fourth-order valence-electron chi connectivity index (χ4n) is 2.56. The van der Waals surface area contributed by atoms with Gasteiger partial charge in [-0.25, -0.2) is 8.78 Å². The van der Waals surface area contributed by atoms with E-state index in [1.807, 2.05) is 0 Å². The second-order valence-electron chi connectivity index (χ2n) is 4.88. The van der Waals surface area contributed by atoms with Crippen LogP contribution in [0.5, 0.6) is 0 Å². The molecule has 5 heteroatoms. The number of rotatable bonds is 4. The van der Waals surface area contributed by atoms with E-state index in [-0.39, 0.29) is 11.8 Å². The van der Waals surface area contributed by atoms with Crippen molar-refractivity contribution in [2.24, 2.45) is 0 Å². The van der Waals surface area contributed by atoms with E-state index in [2.05, 4.69) is 5.32 Å². The van der Waals surface area contributed by atoms with Gasteiger partial charge in [-0.1, -0.05) is 0 Å². The molecular weight excluding hydrogens is 250 g/mol. The minimum atomic E-state index is -0.498. The summed E-state index contributed by atoms with van der Waals surface area (Å²) in [7, 11) is 3.38. The van der Waals surface area contributed by atoms with Crippen molar-refractivity contribution in [1.82, 2.24) is 5.32 Å². The summed E-state index contributed by atoms with van der Waals surface area (Å²) in [6, 6.07) is 2.79. The quantitative estimate of drug-likeness (QED) is 0.908. The molecule has 0 radical (unpaired) electrons. The largest absolute Gasteiger partial charge is 0.380 e. The number of halogens is 2. The van der Waals surface area contributed by atoms with Crippen LogP contribution >= 0.6 is 0 Å². The Morgan fingerprint density at radius 1 is 1.37 bits per heavy atom. The first kappa shape index (κ1) is 14.2. The third-order valence-electron chi connectivity index (χ3n) is 3.49. The molecule has 0 amide bonds. The van der Waals surface area contributed by atoms with Crippen LogP contribution in [0.25, 0.3) is 0 Å². The normalized spacial score (nSPS) is 19.8. The second-order valence-corrected chi connectivity index (χ2v) is 4.88. The van der Waals surface area contributed by atoms with Crippen molar-refractivity contribution in [3.8, 4) is 0 Å². The molecule has 0 aliphatic carbocycles. The molecule has 1 unspecified atom stereocenters. The molecule has 106 valence electrons. The van der Waals surface area contributed by atoms with Crippen LogP contribution in [0.3, 0.4) is 0 Å². The molecule has 1 atom stereocenters.